The Morgan fingerprint density at radius 3 is 2.70 bits per heavy atom. The molecule has 3 N–H and O–H groups in total. The number of rotatable bonds is 3. The van der Waals surface area contributed by atoms with E-state index in [0.717, 1.165) is 25.3 Å². The molecule has 1 aromatic carbocycles. The molecule has 20 heavy (non-hydrogen) atoms. The van der Waals surface area contributed by atoms with Crippen LogP contribution in [0.2, 0.25) is 10.0 Å². The highest BCUT2D eigenvalue weighted by Gasteiger charge is 2.28. The van der Waals surface area contributed by atoms with Crippen LogP contribution in [0.25, 0.3) is 0 Å². The topological polar surface area (TPSA) is 55.1 Å². The van der Waals surface area contributed by atoms with Crippen LogP contribution in [-0.4, -0.2) is 18.5 Å². The van der Waals surface area contributed by atoms with Crippen molar-refractivity contribution in [2.24, 2.45) is 11.7 Å². The molecular formula is C13H16Cl3FN2O. The minimum Gasteiger partial charge on any atom is -0.349 e. The third-order valence-electron chi connectivity index (χ3n) is 3.53. The summed E-state index contributed by atoms with van der Waals surface area (Å²) in [4.78, 5) is 12.1. The Morgan fingerprint density at radius 1 is 1.35 bits per heavy atom. The van der Waals surface area contributed by atoms with Crippen LogP contribution < -0.4 is 11.1 Å². The average molecular weight is 342 g/mol. The maximum absolute atomic E-state index is 13.4. The van der Waals surface area contributed by atoms with Crippen LogP contribution in [0.3, 0.4) is 0 Å². The molecule has 1 aromatic rings. The first kappa shape index (κ1) is 17.5. The molecular weight excluding hydrogens is 326 g/mol. The van der Waals surface area contributed by atoms with Crippen molar-refractivity contribution >= 4 is 41.5 Å². The molecule has 2 rings (SSSR count). The molecule has 1 amide bonds. The van der Waals surface area contributed by atoms with Crippen LogP contribution in [0.4, 0.5) is 4.39 Å². The van der Waals surface area contributed by atoms with E-state index >= 15 is 0 Å². The van der Waals surface area contributed by atoms with Crippen molar-refractivity contribution in [1.29, 1.82) is 0 Å². The summed E-state index contributed by atoms with van der Waals surface area (Å²) in [7, 11) is 0. The van der Waals surface area contributed by atoms with Crippen molar-refractivity contribution in [2.75, 3.05) is 6.54 Å². The molecule has 2 unspecified atom stereocenters. The van der Waals surface area contributed by atoms with Crippen molar-refractivity contribution in [3.63, 3.8) is 0 Å². The first-order valence-electron chi connectivity index (χ1n) is 6.18. The van der Waals surface area contributed by atoms with E-state index in [1.165, 1.54) is 6.07 Å². The third-order valence-corrected chi connectivity index (χ3v) is 4.14. The second-order valence-corrected chi connectivity index (χ2v) is 5.57. The van der Waals surface area contributed by atoms with Crippen LogP contribution >= 0.6 is 35.6 Å². The van der Waals surface area contributed by atoms with E-state index in [2.05, 4.69) is 5.32 Å². The predicted molar refractivity (Wildman–Crippen MR) is 81.3 cm³/mol. The lowest BCUT2D eigenvalue weighted by Crippen LogP contribution is -2.40. The smallest absolute Gasteiger partial charge is 0.253 e. The molecule has 0 saturated heterocycles. The summed E-state index contributed by atoms with van der Waals surface area (Å²) in [6.07, 6.45) is 2.93. The van der Waals surface area contributed by atoms with Crippen LogP contribution in [0.1, 0.15) is 29.6 Å². The Bertz CT molecular complexity index is 499. The quantitative estimate of drug-likeness (QED) is 0.828. The van der Waals surface area contributed by atoms with Crippen molar-refractivity contribution in [3.05, 3.63) is 33.6 Å². The molecule has 0 heterocycles. The minimum atomic E-state index is -0.655. The Morgan fingerprint density at radius 2 is 2.05 bits per heavy atom. The lowest BCUT2D eigenvalue weighted by atomic mass is 10.0. The molecule has 1 fully saturated rings. The largest absolute Gasteiger partial charge is 0.349 e. The maximum Gasteiger partial charge on any atom is 0.253 e. The fourth-order valence-corrected chi connectivity index (χ4v) is 2.92. The van der Waals surface area contributed by atoms with Gasteiger partial charge < -0.3 is 11.1 Å². The number of hydrogen-bond acceptors (Lipinski definition) is 2. The maximum atomic E-state index is 13.4. The second kappa shape index (κ2) is 7.46. The molecule has 0 spiro atoms. The number of carbonyl (C=O) groups excluding carboxylic acids is 1. The van der Waals surface area contributed by atoms with Crippen LogP contribution in [0.5, 0.6) is 0 Å². The summed E-state index contributed by atoms with van der Waals surface area (Å²) in [5.41, 5.74) is 5.76. The Hall–Kier alpha value is -0.550. The number of carbonyl (C=O) groups is 1. The number of halogens is 4. The Kier molecular flexibility index (Phi) is 6.52. The molecule has 3 nitrogen and oxygen atoms in total. The van der Waals surface area contributed by atoms with Gasteiger partial charge in [-0.05, 0) is 37.4 Å². The molecule has 0 aliphatic heterocycles. The molecule has 1 saturated carbocycles. The van der Waals surface area contributed by atoms with Gasteiger partial charge in [-0.25, -0.2) is 4.39 Å². The summed E-state index contributed by atoms with van der Waals surface area (Å²) in [5.74, 6) is -0.760. The first-order valence-corrected chi connectivity index (χ1v) is 6.94. The van der Waals surface area contributed by atoms with E-state index in [-0.39, 0.29) is 45.9 Å². The van der Waals surface area contributed by atoms with E-state index < -0.39 is 5.82 Å². The van der Waals surface area contributed by atoms with E-state index in [4.69, 9.17) is 28.9 Å². The van der Waals surface area contributed by atoms with Crippen molar-refractivity contribution in [2.45, 2.75) is 25.3 Å². The summed E-state index contributed by atoms with van der Waals surface area (Å²) < 4.78 is 13.4. The summed E-state index contributed by atoms with van der Waals surface area (Å²) in [5, 5.41) is 2.92. The van der Waals surface area contributed by atoms with Gasteiger partial charge in [0.1, 0.15) is 5.82 Å². The molecule has 112 valence electrons. The van der Waals surface area contributed by atoms with Crippen molar-refractivity contribution in [1.82, 2.24) is 5.32 Å². The van der Waals surface area contributed by atoms with Crippen LogP contribution in [0, 0.1) is 11.7 Å². The van der Waals surface area contributed by atoms with Gasteiger partial charge in [0.2, 0.25) is 0 Å². The second-order valence-electron chi connectivity index (χ2n) is 4.75. The Balaban J connectivity index is 0.00000200. The zero-order chi connectivity index (χ0) is 14.0. The Labute approximate surface area is 133 Å². The summed E-state index contributed by atoms with van der Waals surface area (Å²) >= 11 is 11.5. The highest BCUT2D eigenvalue weighted by atomic mass is 35.5. The first-order chi connectivity index (χ1) is 9.02. The predicted octanol–water partition coefficient (Wildman–Crippen LogP) is 3.41. The third kappa shape index (κ3) is 3.76. The van der Waals surface area contributed by atoms with Gasteiger partial charge in [-0.3, -0.25) is 4.79 Å². The SMILES string of the molecule is Cl.NCC1CCCC1NC(=O)c1cc(F)c(Cl)cc1Cl. The van der Waals surface area contributed by atoms with Crippen LogP contribution in [-0.2, 0) is 0 Å². The molecule has 1 aliphatic carbocycles. The normalized spacial score (nSPS) is 21.4. The average Bonchev–Trinajstić information content (AvgIpc) is 2.80. The van der Waals surface area contributed by atoms with Crippen molar-refractivity contribution < 1.29 is 9.18 Å². The van der Waals surface area contributed by atoms with Gasteiger partial charge in [0.05, 0.1) is 15.6 Å². The molecule has 0 bridgehead atoms. The summed E-state index contributed by atoms with van der Waals surface area (Å²) in [6, 6.07) is 2.33. The van der Waals surface area contributed by atoms with Gasteiger partial charge in [0.25, 0.3) is 5.91 Å². The van der Waals surface area contributed by atoms with Crippen molar-refractivity contribution in [3.8, 4) is 0 Å². The molecule has 1 aliphatic rings. The zero-order valence-electron chi connectivity index (χ0n) is 10.7. The fraction of sp³-hybridized carbons (Fsp3) is 0.462. The van der Waals surface area contributed by atoms with Crippen LogP contribution in [0.15, 0.2) is 12.1 Å². The van der Waals surface area contributed by atoms with Gasteiger partial charge in [0.15, 0.2) is 0 Å². The van der Waals surface area contributed by atoms with Gasteiger partial charge >= 0.3 is 0 Å². The fourth-order valence-electron chi connectivity index (χ4n) is 2.45. The number of benzene rings is 1. The highest BCUT2D eigenvalue weighted by molar-refractivity contribution is 6.36. The lowest BCUT2D eigenvalue weighted by Gasteiger charge is -2.19. The number of nitrogens with two attached hydrogens (primary N) is 1. The van der Waals surface area contributed by atoms with E-state index in [9.17, 15) is 9.18 Å². The van der Waals surface area contributed by atoms with Gasteiger partial charge in [-0.1, -0.05) is 29.6 Å². The van der Waals surface area contributed by atoms with Gasteiger partial charge in [-0.2, -0.15) is 0 Å². The van der Waals surface area contributed by atoms with E-state index in [1.54, 1.807) is 0 Å². The van der Waals surface area contributed by atoms with E-state index in [1.807, 2.05) is 0 Å². The molecule has 0 aromatic heterocycles. The lowest BCUT2D eigenvalue weighted by molar-refractivity contribution is 0.0928. The van der Waals surface area contributed by atoms with E-state index in [0.29, 0.717) is 6.54 Å². The molecule has 7 heteroatoms. The standard InChI is InChI=1S/C13H15Cl2FN2O.ClH/c14-9-5-10(15)11(16)4-8(9)13(19)18-12-3-1-2-7(12)6-17;/h4-5,7,12H,1-3,6,17H2,(H,18,19);1H. The molecule has 2 atom stereocenters. The monoisotopic (exact) mass is 340 g/mol. The number of hydrogen-bond donors (Lipinski definition) is 2. The van der Waals surface area contributed by atoms with Gasteiger partial charge in [0, 0.05) is 6.04 Å². The number of nitrogens with one attached hydrogen (secondary N) is 1. The summed E-state index contributed by atoms with van der Waals surface area (Å²) in [6.45, 7) is 0.535. The number of amides is 1. The zero-order valence-corrected chi connectivity index (χ0v) is 13.0. The van der Waals surface area contributed by atoms with Gasteiger partial charge in [-0.15, -0.1) is 12.4 Å². The minimum absolute atomic E-state index is 0. The molecule has 0 radical (unpaired) electrons. The highest BCUT2D eigenvalue weighted by Crippen LogP contribution is 2.27.